The van der Waals surface area contributed by atoms with Crippen molar-refractivity contribution < 1.29 is 27.5 Å². The molecule has 184 valence electrons. The smallest absolute Gasteiger partial charge is 0.244 e. The van der Waals surface area contributed by atoms with Crippen molar-refractivity contribution in [1.82, 2.24) is 10.2 Å². The van der Waals surface area contributed by atoms with Crippen LogP contribution < -0.4 is 19.1 Å². The van der Waals surface area contributed by atoms with Gasteiger partial charge in [-0.25, -0.2) is 8.42 Å². The molecule has 0 unspecified atom stereocenters. The number of benzene rings is 2. The van der Waals surface area contributed by atoms with Crippen LogP contribution in [0.5, 0.6) is 11.5 Å². The summed E-state index contributed by atoms with van der Waals surface area (Å²) in [5, 5.41) is 3.20. The maximum absolute atomic E-state index is 13.6. The van der Waals surface area contributed by atoms with E-state index in [1.54, 1.807) is 31.2 Å². The van der Waals surface area contributed by atoms with E-state index in [1.807, 2.05) is 0 Å². The molecular weight excluding hydrogens is 505 g/mol. The van der Waals surface area contributed by atoms with E-state index in [2.05, 4.69) is 5.32 Å². The number of carbonyl (C=O) groups is 2. The Balaban J connectivity index is 1.98. The van der Waals surface area contributed by atoms with Crippen LogP contribution in [0.1, 0.15) is 18.9 Å². The molecule has 0 saturated heterocycles. The molecule has 0 aromatic heterocycles. The van der Waals surface area contributed by atoms with Crippen LogP contribution in [-0.4, -0.2) is 57.8 Å². The third-order valence-corrected chi connectivity index (χ3v) is 7.19. The number of amides is 2. The lowest BCUT2D eigenvalue weighted by Crippen LogP contribution is -2.51. The first-order valence-electron chi connectivity index (χ1n) is 10.4. The Morgan fingerprint density at radius 3 is 2.35 bits per heavy atom. The average Bonchev–Trinajstić information content (AvgIpc) is 3.25. The predicted molar refractivity (Wildman–Crippen MR) is 130 cm³/mol. The van der Waals surface area contributed by atoms with E-state index >= 15 is 0 Å². The first kappa shape index (κ1) is 25.9. The highest BCUT2D eigenvalue weighted by atomic mass is 35.5. The SMILES string of the molecule is CC[C@@H](C(=O)NC)N(Cc1c(Cl)cccc1Cl)C(=O)CN(c1ccc2c(c1)OCO2)S(C)(=O)=O. The van der Waals surface area contributed by atoms with Gasteiger partial charge >= 0.3 is 0 Å². The quantitative estimate of drug-likeness (QED) is 0.535. The fraction of sp³-hybridized carbons (Fsp3) is 0.364. The molecule has 34 heavy (non-hydrogen) atoms. The standard InChI is InChI=1S/C22H25Cl2N3O6S/c1-4-18(22(29)25-2)26(11-15-16(23)6-5-7-17(15)24)21(28)12-27(34(3,30)31)14-8-9-19-20(10-14)33-13-32-19/h5-10,18H,4,11-13H2,1-3H3,(H,25,29)/t18-/m0/s1. The van der Waals surface area contributed by atoms with Gasteiger partial charge in [-0.1, -0.05) is 36.2 Å². The van der Waals surface area contributed by atoms with E-state index in [9.17, 15) is 18.0 Å². The van der Waals surface area contributed by atoms with Crippen LogP contribution >= 0.6 is 23.2 Å². The second kappa shape index (κ2) is 10.7. The lowest BCUT2D eigenvalue weighted by molar-refractivity contribution is -0.140. The van der Waals surface area contributed by atoms with Gasteiger partial charge in [-0.05, 0) is 30.7 Å². The molecule has 2 aromatic carbocycles. The Morgan fingerprint density at radius 1 is 1.12 bits per heavy atom. The number of carbonyl (C=O) groups excluding carboxylic acids is 2. The van der Waals surface area contributed by atoms with Gasteiger partial charge in [-0.2, -0.15) is 0 Å². The van der Waals surface area contributed by atoms with Crippen molar-refractivity contribution in [3.05, 3.63) is 52.0 Å². The summed E-state index contributed by atoms with van der Waals surface area (Å²) in [7, 11) is -2.41. The normalized spacial score (nSPS) is 13.3. The molecule has 1 aliphatic heterocycles. The fourth-order valence-corrected chi connectivity index (χ4v) is 4.95. The zero-order valence-electron chi connectivity index (χ0n) is 18.9. The highest BCUT2D eigenvalue weighted by Gasteiger charge is 2.32. The molecule has 1 N–H and O–H groups in total. The predicted octanol–water partition coefficient (Wildman–Crippen LogP) is 3.04. The van der Waals surface area contributed by atoms with Crippen LogP contribution in [0, 0.1) is 0 Å². The molecular formula is C22H25Cl2N3O6S. The molecule has 0 fully saturated rings. The van der Waals surface area contributed by atoms with E-state index < -0.39 is 34.4 Å². The van der Waals surface area contributed by atoms with Crippen molar-refractivity contribution in [3.8, 4) is 11.5 Å². The third-order valence-electron chi connectivity index (χ3n) is 5.35. The van der Waals surface area contributed by atoms with Crippen molar-refractivity contribution in [2.24, 2.45) is 0 Å². The van der Waals surface area contributed by atoms with Crippen molar-refractivity contribution in [3.63, 3.8) is 0 Å². The van der Waals surface area contributed by atoms with Crippen molar-refractivity contribution in [1.29, 1.82) is 0 Å². The summed E-state index contributed by atoms with van der Waals surface area (Å²) < 4.78 is 36.9. The molecule has 2 aromatic rings. The second-order valence-electron chi connectivity index (χ2n) is 7.57. The molecule has 12 heteroatoms. The van der Waals surface area contributed by atoms with Crippen LogP contribution in [0.25, 0.3) is 0 Å². The van der Waals surface area contributed by atoms with Gasteiger partial charge in [-0.3, -0.25) is 13.9 Å². The van der Waals surface area contributed by atoms with E-state index in [1.165, 1.54) is 24.1 Å². The number of ether oxygens (including phenoxy) is 2. The highest BCUT2D eigenvalue weighted by molar-refractivity contribution is 7.92. The van der Waals surface area contributed by atoms with Gasteiger partial charge in [0.15, 0.2) is 11.5 Å². The van der Waals surface area contributed by atoms with E-state index in [0.717, 1.165) is 10.6 Å². The number of nitrogens with one attached hydrogen (secondary N) is 1. The topological polar surface area (TPSA) is 105 Å². The highest BCUT2D eigenvalue weighted by Crippen LogP contribution is 2.36. The number of nitrogens with zero attached hydrogens (tertiary/aromatic N) is 2. The second-order valence-corrected chi connectivity index (χ2v) is 10.3. The van der Waals surface area contributed by atoms with Gasteiger partial charge in [0.1, 0.15) is 12.6 Å². The minimum Gasteiger partial charge on any atom is -0.454 e. The van der Waals surface area contributed by atoms with Crippen LogP contribution in [0.2, 0.25) is 10.0 Å². The van der Waals surface area contributed by atoms with E-state index in [4.69, 9.17) is 32.7 Å². The molecule has 0 radical (unpaired) electrons. The Hall–Kier alpha value is -2.69. The van der Waals surface area contributed by atoms with E-state index in [0.29, 0.717) is 27.1 Å². The fourth-order valence-electron chi connectivity index (χ4n) is 3.59. The van der Waals surface area contributed by atoms with Gasteiger partial charge in [0.05, 0.1) is 11.9 Å². The summed E-state index contributed by atoms with van der Waals surface area (Å²) in [6.45, 7) is 1.14. The minimum absolute atomic E-state index is 0.0211. The lowest BCUT2D eigenvalue weighted by Gasteiger charge is -2.33. The molecule has 2 amide bonds. The Morgan fingerprint density at radius 2 is 1.76 bits per heavy atom. The Bertz CT molecular complexity index is 1170. The van der Waals surface area contributed by atoms with Crippen LogP contribution in [0.3, 0.4) is 0 Å². The lowest BCUT2D eigenvalue weighted by atomic mass is 10.1. The number of halogens is 2. The van der Waals surface area contributed by atoms with Crippen LogP contribution in [0.4, 0.5) is 5.69 Å². The number of rotatable bonds is 9. The van der Waals surface area contributed by atoms with Crippen LogP contribution in [0.15, 0.2) is 36.4 Å². The first-order chi connectivity index (χ1) is 16.1. The number of hydrogen-bond acceptors (Lipinski definition) is 6. The van der Waals surface area contributed by atoms with Gasteiger partial charge < -0.3 is 19.7 Å². The van der Waals surface area contributed by atoms with Crippen molar-refractivity contribution in [2.75, 3.05) is 30.9 Å². The molecule has 0 bridgehead atoms. The maximum Gasteiger partial charge on any atom is 0.244 e. The zero-order chi connectivity index (χ0) is 25.0. The van der Waals surface area contributed by atoms with Crippen LogP contribution in [-0.2, 0) is 26.2 Å². The van der Waals surface area contributed by atoms with Gasteiger partial charge in [0.25, 0.3) is 0 Å². The van der Waals surface area contributed by atoms with Crippen molar-refractivity contribution >= 4 is 50.7 Å². The monoisotopic (exact) mass is 529 g/mol. The molecule has 0 saturated carbocycles. The molecule has 0 spiro atoms. The molecule has 3 rings (SSSR count). The van der Waals surface area contributed by atoms with Gasteiger partial charge in [-0.15, -0.1) is 0 Å². The van der Waals surface area contributed by atoms with E-state index in [-0.39, 0.29) is 25.4 Å². The third kappa shape index (κ3) is 5.68. The number of sulfonamides is 1. The Kier molecular flexibility index (Phi) is 8.17. The first-order valence-corrected chi connectivity index (χ1v) is 13.0. The summed E-state index contributed by atoms with van der Waals surface area (Å²) in [5.41, 5.74) is 0.680. The number of fused-ring (bicyclic) bond motifs is 1. The molecule has 1 heterocycles. The molecule has 1 aliphatic rings. The molecule has 0 aliphatic carbocycles. The summed E-state index contributed by atoms with van der Waals surface area (Å²) >= 11 is 12.6. The summed E-state index contributed by atoms with van der Waals surface area (Å²) in [6.07, 6.45) is 1.28. The number of anilines is 1. The Labute approximate surface area is 208 Å². The molecule has 1 atom stereocenters. The minimum atomic E-state index is -3.87. The summed E-state index contributed by atoms with van der Waals surface area (Å²) in [4.78, 5) is 27.4. The van der Waals surface area contributed by atoms with Gasteiger partial charge in [0.2, 0.25) is 28.6 Å². The molecule has 9 nitrogen and oxygen atoms in total. The zero-order valence-corrected chi connectivity index (χ0v) is 21.2. The van der Waals surface area contributed by atoms with Crippen molar-refractivity contribution in [2.45, 2.75) is 25.9 Å². The average molecular weight is 530 g/mol. The maximum atomic E-state index is 13.6. The summed E-state index contributed by atoms with van der Waals surface area (Å²) in [6, 6.07) is 8.63. The van der Waals surface area contributed by atoms with Gasteiger partial charge in [0, 0.05) is 35.3 Å². The number of likely N-dealkylation sites (N-methyl/N-ethyl adjacent to an activating group) is 1. The summed E-state index contributed by atoms with van der Waals surface area (Å²) in [5.74, 6) is -0.151. The number of hydrogen-bond donors (Lipinski definition) is 1. The largest absolute Gasteiger partial charge is 0.454 e.